The molecule has 0 amide bonds. The van der Waals surface area contributed by atoms with Gasteiger partial charge in [0.1, 0.15) is 17.2 Å². The van der Waals surface area contributed by atoms with Crippen molar-refractivity contribution in [1.82, 2.24) is 5.32 Å². The molecule has 0 atom stereocenters. The minimum absolute atomic E-state index is 0.303. The highest BCUT2D eigenvalue weighted by atomic mass is 16.5. The third kappa shape index (κ3) is 5.36. The zero-order valence-electron chi connectivity index (χ0n) is 12.2. The molecule has 0 fully saturated rings. The average molecular weight is 287 g/mol. The van der Waals surface area contributed by atoms with Crippen LogP contribution in [0.1, 0.15) is 12.0 Å². The lowest BCUT2D eigenvalue weighted by Gasteiger charge is -2.08. The molecule has 0 bridgehead atoms. The molecule has 4 nitrogen and oxygen atoms in total. The first kappa shape index (κ1) is 15.2. The second-order valence-electron chi connectivity index (χ2n) is 4.72. The molecule has 0 spiro atoms. The van der Waals surface area contributed by atoms with Gasteiger partial charge in [0.05, 0.1) is 13.7 Å². The number of nitrogens with one attached hydrogen (secondary N) is 1. The van der Waals surface area contributed by atoms with E-state index < -0.39 is 0 Å². The van der Waals surface area contributed by atoms with Crippen LogP contribution in [0.3, 0.4) is 0 Å². The highest BCUT2D eigenvalue weighted by Gasteiger charge is 1.96. The molecular formula is C17H21NO3. The van der Waals surface area contributed by atoms with Crippen molar-refractivity contribution in [3.05, 3.63) is 54.1 Å². The van der Waals surface area contributed by atoms with E-state index >= 15 is 0 Å². The molecular weight excluding hydrogens is 266 g/mol. The van der Waals surface area contributed by atoms with Gasteiger partial charge >= 0.3 is 0 Å². The van der Waals surface area contributed by atoms with E-state index in [0.717, 1.165) is 36.6 Å². The van der Waals surface area contributed by atoms with Crippen molar-refractivity contribution < 1.29 is 14.6 Å². The molecule has 0 saturated carbocycles. The van der Waals surface area contributed by atoms with Crippen LogP contribution in [0.25, 0.3) is 0 Å². The monoisotopic (exact) mass is 287 g/mol. The Balaban J connectivity index is 1.59. The minimum atomic E-state index is 0.303. The largest absolute Gasteiger partial charge is 0.508 e. The van der Waals surface area contributed by atoms with Gasteiger partial charge in [-0.05, 0) is 54.9 Å². The van der Waals surface area contributed by atoms with Gasteiger partial charge in [-0.15, -0.1) is 0 Å². The van der Waals surface area contributed by atoms with Gasteiger partial charge in [-0.1, -0.05) is 12.1 Å². The summed E-state index contributed by atoms with van der Waals surface area (Å²) in [7, 11) is 1.65. The predicted molar refractivity (Wildman–Crippen MR) is 82.9 cm³/mol. The van der Waals surface area contributed by atoms with E-state index in [-0.39, 0.29) is 0 Å². The van der Waals surface area contributed by atoms with Crippen LogP contribution in [0.5, 0.6) is 17.2 Å². The number of benzene rings is 2. The van der Waals surface area contributed by atoms with Gasteiger partial charge in [0.15, 0.2) is 0 Å². The quantitative estimate of drug-likeness (QED) is 0.733. The standard InChI is InChI=1S/C17H21NO3/c1-20-16-6-8-17(9-7-16)21-11-3-10-18-13-14-4-2-5-15(19)12-14/h2,4-9,12,18-19H,3,10-11,13H2,1H3. The zero-order chi connectivity index (χ0) is 14.9. The van der Waals surface area contributed by atoms with E-state index in [1.54, 1.807) is 19.2 Å². The topological polar surface area (TPSA) is 50.7 Å². The summed E-state index contributed by atoms with van der Waals surface area (Å²) in [6.07, 6.45) is 0.921. The molecule has 0 unspecified atom stereocenters. The Morgan fingerprint density at radius 1 is 1.05 bits per heavy atom. The van der Waals surface area contributed by atoms with Gasteiger partial charge in [0.25, 0.3) is 0 Å². The number of aromatic hydroxyl groups is 1. The van der Waals surface area contributed by atoms with Crippen molar-refractivity contribution in [2.24, 2.45) is 0 Å². The molecule has 0 aliphatic rings. The van der Waals surface area contributed by atoms with E-state index in [1.165, 1.54) is 0 Å². The van der Waals surface area contributed by atoms with Crippen LogP contribution in [0.4, 0.5) is 0 Å². The zero-order valence-corrected chi connectivity index (χ0v) is 12.2. The fourth-order valence-corrected chi connectivity index (χ4v) is 1.96. The maximum Gasteiger partial charge on any atom is 0.119 e. The number of phenols is 1. The molecule has 0 aliphatic carbocycles. The van der Waals surface area contributed by atoms with Crippen molar-refractivity contribution in [2.75, 3.05) is 20.3 Å². The summed E-state index contributed by atoms with van der Waals surface area (Å²) in [4.78, 5) is 0. The lowest BCUT2D eigenvalue weighted by Crippen LogP contribution is -2.16. The smallest absolute Gasteiger partial charge is 0.119 e. The average Bonchev–Trinajstić information content (AvgIpc) is 2.51. The van der Waals surface area contributed by atoms with E-state index in [0.29, 0.717) is 12.4 Å². The first-order valence-electron chi connectivity index (χ1n) is 7.03. The molecule has 0 saturated heterocycles. The highest BCUT2D eigenvalue weighted by Crippen LogP contribution is 2.17. The molecule has 4 heteroatoms. The Morgan fingerprint density at radius 2 is 1.81 bits per heavy atom. The van der Waals surface area contributed by atoms with Crippen molar-refractivity contribution in [1.29, 1.82) is 0 Å². The number of hydrogen-bond donors (Lipinski definition) is 2. The number of hydrogen-bond acceptors (Lipinski definition) is 4. The first-order valence-corrected chi connectivity index (χ1v) is 7.03. The summed E-state index contributed by atoms with van der Waals surface area (Å²) in [6.45, 7) is 2.28. The molecule has 21 heavy (non-hydrogen) atoms. The minimum Gasteiger partial charge on any atom is -0.508 e. The van der Waals surface area contributed by atoms with Crippen molar-refractivity contribution in [2.45, 2.75) is 13.0 Å². The summed E-state index contributed by atoms with van der Waals surface area (Å²) >= 11 is 0. The molecule has 2 aromatic rings. The summed E-state index contributed by atoms with van der Waals surface area (Å²) in [5.41, 5.74) is 1.08. The van der Waals surface area contributed by atoms with E-state index in [2.05, 4.69) is 5.32 Å². The van der Waals surface area contributed by atoms with Crippen LogP contribution in [-0.4, -0.2) is 25.4 Å². The van der Waals surface area contributed by atoms with Gasteiger partial charge in [0, 0.05) is 6.54 Å². The molecule has 0 aliphatic heterocycles. The predicted octanol–water partition coefficient (Wildman–Crippen LogP) is 2.96. The third-order valence-corrected chi connectivity index (χ3v) is 3.07. The van der Waals surface area contributed by atoms with Crippen LogP contribution in [0.15, 0.2) is 48.5 Å². The Kier molecular flexibility index (Phi) is 5.91. The number of phenolic OH excluding ortho intramolecular Hbond substituents is 1. The highest BCUT2D eigenvalue weighted by molar-refractivity contribution is 5.31. The summed E-state index contributed by atoms with van der Waals surface area (Å²) in [5.74, 6) is 1.98. The van der Waals surface area contributed by atoms with Gasteiger partial charge < -0.3 is 19.9 Å². The van der Waals surface area contributed by atoms with E-state index in [9.17, 15) is 5.11 Å². The van der Waals surface area contributed by atoms with Crippen molar-refractivity contribution in [3.8, 4) is 17.2 Å². The Hall–Kier alpha value is -2.20. The second-order valence-corrected chi connectivity index (χ2v) is 4.72. The Bertz CT molecular complexity index is 540. The number of methoxy groups -OCH3 is 1. The van der Waals surface area contributed by atoms with Crippen molar-refractivity contribution >= 4 is 0 Å². The van der Waals surface area contributed by atoms with Crippen LogP contribution < -0.4 is 14.8 Å². The number of ether oxygens (including phenoxy) is 2. The molecule has 2 N–H and O–H groups in total. The maximum atomic E-state index is 9.36. The van der Waals surface area contributed by atoms with Gasteiger partial charge in [-0.2, -0.15) is 0 Å². The lowest BCUT2D eigenvalue weighted by molar-refractivity contribution is 0.307. The molecule has 0 radical (unpaired) electrons. The Morgan fingerprint density at radius 3 is 2.52 bits per heavy atom. The van der Waals surface area contributed by atoms with Crippen LogP contribution in [0, 0.1) is 0 Å². The van der Waals surface area contributed by atoms with E-state index in [1.807, 2.05) is 36.4 Å². The molecule has 0 aromatic heterocycles. The van der Waals surface area contributed by atoms with E-state index in [4.69, 9.17) is 9.47 Å². The first-order chi connectivity index (χ1) is 10.3. The van der Waals surface area contributed by atoms with Crippen LogP contribution in [-0.2, 0) is 6.54 Å². The SMILES string of the molecule is COc1ccc(OCCCNCc2cccc(O)c2)cc1. The van der Waals surface area contributed by atoms with Crippen LogP contribution >= 0.6 is 0 Å². The molecule has 0 heterocycles. The molecule has 2 aromatic carbocycles. The summed E-state index contributed by atoms with van der Waals surface area (Å²) in [6, 6.07) is 14.8. The lowest BCUT2D eigenvalue weighted by atomic mass is 10.2. The summed E-state index contributed by atoms with van der Waals surface area (Å²) in [5, 5.41) is 12.7. The van der Waals surface area contributed by atoms with Crippen molar-refractivity contribution in [3.63, 3.8) is 0 Å². The maximum absolute atomic E-state index is 9.36. The fourth-order valence-electron chi connectivity index (χ4n) is 1.96. The molecule has 112 valence electrons. The Labute approximate surface area is 125 Å². The second kappa shape index (κ2) is 8.17. The van der Waals surface area contributed by atoms with Gasteiger partial charge in [-0.25, -0.2) is 0 Å². The number of rotatable bonds is 8. The molecule has 2 rings (SSSR count). The summed E-state index contributed by atoms with van der Waals surface area (Å²) < 4.78 is 10.7. The third-order valence-electron chi connectivity index (χ3n) is 3.07. The van der Waals surface area contributed by atoms with Gasteiger partial charge in [-0.3, -0.25) is 0 Å². The van der Waals surface area contributed by atoms with Crippen LogP contribution in [0.2, 0.25) is 0 Å². The fraction of sp³-hybridized carbons (Fsp3) is 0.294. The van der Waals surface area contributed by atoms with Gasteiger partial charge in [0.2, 0.25) is 0 Å². The normalized spacial score (nSPS) is 10.3.